The van der Waals surface area contributed by atoms with Crippen LogP contribution in [0.25, 0.3) is 0 Å². The fourth-order valence-corrected chi connectivity index (χ4v) is 1.16. The zero-order valence-corrected chi connectivity index (χ0v) is 7.19. The zero-order chi connectivity index (χ0) is 7.56. The normalized spacial score (nSPS) is 9.40. The van der Waals surface area contributed by atoms with E-state index < -0.39 is 0 Å². The molecule has 0 aliphatic heterocycles. The summed E-state index contributed by atoms with van der Waals surface area (Å²) in [7, 11) is 0. The van der Waals surface area contributed by atoms with Crippen molar-refractivity contribution in [1.82, 2.24) is 4.98 Å². The molecule has 52 valence electrons. The Morgan fingerprint density at radius 2 is 2.40 bits per heavy atom. The van der Waals surface area contributed by atoms with E-state index in [1.165, 1.54) is 6.20 Å². The summed E-state index contributed by atoms with van der Waals surface area (Å²) in [4.78, 5) is 14.0. The third-order valence-corrected chi connectivity index (χ3v) is 1.74. The molecule has 0 unspecified atom stereocenters. The highest BCUT2D eigenvalue weighted by Crippen LogP contribution is 2.16. The van der Waals surface area contributed by atoms with E-state index in [4.69, 9.17) is 11.6 Å². The Labute approximate surface area is 71.3 Å². The number of nitrogens with zero attached hydrogens (tertiary/aromatic N) is 1. The van der Waals surface area contributed by atoms with Crippen molar-refractivity contribution in [2.45, 2.75) is 0 Å². The third kappa shape index (κ3) is 1.55. The first-order chi connectivity index (χ1) is 4.74. The molecular weight excluding hydrogens is 217 g/mol. The Bertz CT molecular complexity index is 264. The van der Waals surface area contributed by atoms with Crippen molar-refractivity contribution in [3.05, 3.63) is 27.5 Å². The van der Waals surface area contributed by atoms with Gasteiger partial charge < -0.3 is 0 Å². The molecule has 0 N–H and O–H groups in total. The molecule has 1 rings (SSSR count). The maximum absolute atomic E-state index is 10.2. The fraction of sp³-hybridized carbons (Fsp3) is 0. The lowest BCUT2D eigenvalue weighted by Gasteiger charge is -1.93. The smallest absolute Gasteiger partial charge is 0.153 e. The Morgan fingerprint density at radius 1 is 1.70 bits per heavy atom. The highest BCUT2D eigenvalue weighted by molar-refractivity contribution is 9.10. The van der Waals surface area contributed by atoms with Gasteiger partial charge in [-0.2, -0.15) is 0 Å². The molecule has 0 aromatic carbocycles. The molecule has 0 radical (unpaired) electrons. The van der Waals surface area contributed by atoms with Crippen LogP contribution in [0, 0.1) is 0 Å². The molecule has 0 amide bonds. The third-order valence-electron chi connectivity index (χ3n) is 0.976. The maximum atomic E-state index is 10.2. The minimum atomic E-state index is 0.407. The van der Waals surface area contributed by atoms with E-state index in [0.717, 1.165) is 0 Å². The lowest BCUT2D eigenvalue weighted by molar-refractivity contribution is 0.112. The van der Waals surface area contributed by atoms with Gasteiger partial charge in [-0.05, 0) is 22.0 Å². The molecule has 0 spiro atoms. The van der Waals surface area contributed by atoms with Crippen LogP contribution in [0.15, 0.2) is 16.9 Å². The van der Waals surface area contributed by atoms with Gasteiger partial charge in [0.05, 0.1) is 10.6 Å². The minimum absolute atomic E-state index is 0.407. The van der Waals surface area contributed by atoms with Gasteiger partial charge in [-0.15, -0.1) is 0 Å². The second kappa shape index (κ2) is 3.12. The number of carbonyl (C=O) groups is 1. The zero-order valence-electron chi connectivity index (χ0n) is 4.84. The number of halogens is 2. The van der Waals surface area contributed by atoms with E-state index in [1.54, 1.807) is 6.07 Å². The first-order valence-electron chi connectivity index (χ1n) is 2.50. The van der Waals surface area contributed by atoms with Gasteiger partial charge in [-0.1, -0.05) is 11.6 Å². The van der Waals surface area contributed by atoms with E-state index in [1.807, 2.05) is 0 Å². The van der Waals surface area contributed by atoms with Crippen LogP contribution in [0.1, 0.15) is 10.4 Å². The Hall–Kier alpha value is -0.410. The van der Waals surface area contributed by atoms with Crippen molar-refractivity contribution in [1.29, 1.82) is 0 Å². The Balaban J connectivity index is 3.19. The average Bonchev–Trinajstić information content (AvgIpc) is 1.88. The molecule has 2 nitrogen and oxygen atoms in total. The van der Waals surface area contributed by atoms with Gasteiger partial charge in [0, 0.05) is 6.20 Å². The SMILES string of the molecule is O=Cc1cnc(Br)cc1Cl. The van der Waals surface area contributed by atoms with Crippen LogP contribution >= 0.6 is 27.5 Å². The maximum Gasteiger partial charge on any atom is 0.153 e. The number of pyridine rings is 1. The molecule has 10 heavy (non-hydrogen) atoms. The van der Waals surface area contributed by atoms with Crippen molar-refractivity contribution in [3.8, 4) is 0 Å². The predicted octanol–water partition coefficient (Wildman–Crippen LogP) is 2.31. The summed E-state index contributed by atoms with van der Waals surface area (Å²) in [5.41, 5.74) is 0.407. The second-order valence-corrected chi connectivity index (χ2v) is 2.87. The van der Waals surface area contributed by atoms with E-state index >= 15 is 0 Å². The summed E-state index contributed by atoms with van der Waals surface area (Å²) in [6.07, 6.45) is 2.08. The number of aromatic nitrogens is 1. The number of hydrogen-bond donors (Lipinski definition) is 0. The number of carbonyl (C=O) groups excluding carboxylic acids is 1. The first-order valence-corrected chi connectivity index (χ1v) is 3.67. The van der Waals surface area contributed by atoms with Crippen LogP contribution in [0.4, 0.5) is 0 Å². The fourth-order valence-electron chi connectivity index (χ4n) is 0.505. The predicted molar refractivity (Wildman–Crippen MR) is 42.3 cm³/mol. The van der Waals surface area contributed by atoms with Crippen LogP contribution in [0.3, 0.4) is 0 Å². The highest BCUT2D eigenvalue weighted by Gasteiger charge is 1.98. The van der Waals surface area contributed by atoms with Crippen LogP contribution in [-0.2, 0) is 0 Å². The molecular formula is C6H3BrClNO. The topological polar surface area (TPSA) is 30.0 Å². The first kappa shape index (κ1) is 7.69. The van der Waals surface area contributed by atoms with Gasteiger partial charge >= 0.3 is 0 Å². The summed E-state index contributed by atoms with van der Waals surface area (Å²) in [5, 5.41) is 0.414. The van der Waals surface area contributed by atoms with Gasteiger partial charge in [-0.3, -0.25) is 4.79 Å². The molecule has 0 aliphatic carbocycles. The summed E-state index contributed by atoms with van der Waals surface area (Å²) < 4.78 is 0.628. The molecule has 0 aliphatic rings. The summed E-state index contributed by atoms with van der Waals surface area (Å²) in [6, 6.07) is 1.57. The van der Waals surface area contributed by atoms with E-state index in [9.17, 15) is 4.79 Å². The molecule has 1 aromatic heterocycles. The number of rotatable bonds is 1. The van der Waals surface area contributed by atoms with Crippen molar-refractivity contribution in [2.75, 3.05) is 0 Å². The lowest BCUT2D eigenvalue weighted by atomic mass is 10.3. The largest absolute Gasteiger partial charge is 0.298 e. The van der Waals surface area contributed by atoms with Crippen molar-refractivity contribution in [3.63, 3.8) is 0 Å². The molecule has 0 saturated heterocycles. The molecule has 0 saturated carbocycles. The number of aldehydes is 1. The average molecular weight is 220 g/mol. The Morgan fingerprint density at radius 3 is 2.90 bits per heavy atom. The van der Waals surface area contributed by atoms with Crippen molar-refractivity contribution >= 4 is 33.8 Å². The Kier molecular flexibility index (Phi) is 2.40. The second-order valence-electron chi connectivity index (χ2n) is 1.65. The molecule has 0 fully saturated rings. The van der Waals surface area contributed by atoms with Crippen molar-refractivity contribution < 1.29 is 4.79 Å². The van der Waals surface area contributed by atoms with Crippen LogP contribution < -0.4 is 0 Å². The van der Waals surface area contributed by atoms with Crippen LogP contribution in [0.2, 0.25) is 5.02 Å². The van der Waals surface area contributed by atoms with Gasteiger partial charge in [0.25, 0.3) is 0 Å². The standard InChI is InChI=1S/C6H3BrClNO/c7-6-1-5(8)4(3-10)2-9-6/h1-3H. The molecule has 4 heteroatoms. The monoisotopic (exact) mass is 219 g/mol. The lowest BCUT2D eigenvalue weighted by Crippen LogP contribution is -1.83. The van der Waals surface area contributed by atoms with Gasteiger partial charge in [0.15, 0.2) is 6.29 Å². The van der Waals surface area contributed by atoms with Gasteiger partial charge in [0.1, 0.15) is 4.60 Å². The minimum Gasteiger partial charge on any atom is -0.298 e. The van der Waals surface area contributed by atoms with Crippen molar-refractivity contribution in [2.24, 2.45) is 0 Å². The highest BCUT2D eigenvalue weighted by atomic mass is 79.9. The van der Waals surface area contributed by atoms with E-state index in [0.29, 0.717) is 21.5 Å². The van der Waals surface area contributed by atoms with Gasteiger partial charge in [-0.25, -0.2) is 4.98 Å². The quantitative estimate of drug-likeness (QED) is 0.537. The summed E-state index contributed by atoms with van der Waals surface area (Å²) in [6.45, 7) is 0. The van der Waals surface area contributed by atoms with Gasteiger partial charge in [0.2, 0.25) is 0 Å². The van der Waals surface area contributed by atoms with E-state index in [-0.39, 0.29) is 0 Å². The molecule has 0 atom stereocenters. The molecule has 1 heterocycles. The summed E-state index contributed by atoms with van der Waals surface area (Å²) in [5.74, 6) is 0. The van der Waals surface area contributed by atoms with E-state index in [2.05, 4.69) is 20.9 Å². The van der Waals surface area contributed by atoms with Crippen LogP contribution in [-0.4, -0.2) is 11.3 Å². The summed E-state index contributed by atoms with van der Waals surface area (Å²) >= 11 is 8.74. The van der Waals surface area contributed by atoms with Crippen LogP contribution in [0.5, 0.6) is 0 Å². The molecule has 1 aromatic rings. The number of hydrogen-bond acceptors (Lipinski definition) is 2. The molecule has 0 bridgehead atoms.